The summed E-state index contributed by atoms with van der Waals surface area (Å²) in [4.78, 5) is 0. The van der Waals surface area contributed by atoms with E-state index >= 15 is 0 Å². The number of hydrogen-bond acceptors (Lipinski definition) is 2. The Balaban J connectivity index is 2.08. The van der Waals surface area contributed by atoms with Gasteiger partial charge in [0.2, 0.25) is 0 Å². The van der Waals surface area contributed by atoms with Gasteiger partial charge in [-0.05, 0) is 43.9 Å². The van der Waals surface area contributed by atoms with Crippen LogP contribution in [0.4, 0.5) is 0 Å². The topological polar surface area (TPSA) is 32.3 Å². The number of aliphatic hydroxyl groups is 1. The van der Waals surface area contributed by atoms with E-state index in [1.807, 2.05) is 0 Å². The number of aliphatic hydroxyl groups excluding tert-OH is 1. The lowest BCUT2D eigenvalue weighted by atomic mass is 9.76. The minimum Gasteiger partial charge on any atom is -0.379 e. The first-order chi connectivity index (χ1) is 6.81. The highest BCUT2D eigenvalue weighted by Crippen LogP contribution is 2.35. The van der Waals surface area contributed by atoms with E-state index in [9.17, 15) is 5.11 Å². The molecule has 2 aliphatic rings. The number of nitrogens with one attached hydrogen (secondary N) is 1. The molecule has 2 heteroatoms. The van der Waals surface area contributed by atoms with Gasteiger partial charge in [0, 0.05) is 6.04 Å². The van der Waals surface area contributed by atoms with Gasteiger partial charge in [0.1, 0.15) is 6.23 Å². The molecular weight excluding hydrogens is 174 g/mol. The lowest BCUT2D eigenvalue weighted by molar-refractivity contribution is 0.0202. The van der Waals surface area contributed by atoms with E-state index in [1.165, 1.54) is 19.3 Å². The summed E-state index contributed by atoms with van der Waals surface area (Å²) in [6, 6.07) is 0.520. The second-order valence-electron chi connectivity index (χ2n) is 4.64. The van der Waals surface area contributed by atoms with Crippen molar-refractivity contribution in [2.45, 2.75) is 51.3 Å². The molecule has 2 N–H and O–H groups in total. The maximum absolute atomic E-state index is 9.71. The van der Waals surface area contributed by atoms with Gasteiger partial charge in [-0.25, -0.2) is 0 Å². The highest BCUT2D eigenvalue weighted by molar-refractivity contribution is 4.97. The van der Waals surface area contributed by atoms with Crippen LogP contribution in [0.25, 0.3) is 0 Å². The summed E-state index contributed by atoms with van der Waals surface area (Å²) < 4.78 is 0. The predicted octanol–water partition coefficient (Wildman–Crippen LogP) is 2.05. The highest BCUT2D eigenvalue weighted by Gasteiger charge is 2.35. The van der Waals surface area contributed by atoms with Crippen LogP contribution in [0.2, 0.25) is 0 Å². The second-order valence-corrected chi connectivity index (χ2v) is 4.64. The first-order valence-electron chi connectivity index (χ1n) is 5.90. The molecule has 1 fully saturated rings. The van der Waals surface area contributed by atoms with Crippen molar-refractivity contribution in [2.75, 3.05) is 0 Å². The second kappa shape index (κ2) is 4.45. The first-order valence-corrected chi connectivity index (χ1v) is 5.90. The Bertz CT molecular complexity index is 214. The van der Waals surface area contributed by atoms with Gasteiger partial charge in [-0.1, -0.05) is 19.1 Å². The lowest BCUT2D eigenvalue weighted by Gasteiger charge is -2.40. The summed E-state index contributed by atoms with van der Waals surface area (Å²) in [5.41, 5.74) is 0. The van der Waals surface area contributed by atoms with Gasteiger partial charge in [0.25, 0.3) is 0 Å². The summed E-state index contributed by atoms with van der Waals surface area (Å²) in [5, 5.41) is 13.0. The van der Waals surface area contributed by atoms with Gasteiger partial charge in [-0.3, -0.25) is 5.32 Å². The Labute approximate surface area is 86.4 Å². The van der Waals surface area contributed by atoms with Crippen molar-refractivity contribution in [3.63, 3.8) is 0 Å². The van der Waals surface area contributed by atoms with E-state index in [0.29, 0.717) is 6.04 Å². The molecule has 0 amide bonds. The van der Waals surface area contributed by atoms with Crippen LogP contribution in [0.15, 0.2) is 12.2 Å². The lowest BCUT2D eigenvalue weighted by Crippen LogP contribution is -2.51. The third-order valence-corrected chi connectivity index (χ3v) is 3.77. The predicted molar refractivity (Wildman–Crippen MR) is 57.8 cm³/mol. The van der Waals surface area contributed by atoms with E-state index in [1.54, 1.807) is 0 Å². The molecule has 0 aromatic carbocycles. The Morgan fingerprint density at radius 3 is 3.07 bits per heavy atom. The molecule has 0 spiro atoms. The molecule has 1 aliphatic heterocycles. The van der Waals surface area contributed by atoms with Crippen molar-refractivity contribution < 1.29 is 5.11 Å². The van der Waals surface area contributed by atoms with Gasteiger partial charge in [-0.15, -0.1) is 0 Å². The Hall–Kier alpha value is -0.340. The molecule has 2 nitrogen and oxygen atoms in total. The third-order valence-electron chi connectivity index (χ3n) is 3.77. The molecule has 14 heavy (non-hydrogen) atoms. The van der Waals surface area contributed by atoms with E-state index in [2.05, 4.69) is 24.4 Å². The number of fused-ring (bicyclic) bond motifs is 1. The fraction of sp³-hybridized carbons (Fsp3) is 0.833. The molecule has 2 rings (SSSR count). The van der Waals surface area contributed by atoms with Crippen LogP contribution in [-0.4, -0.2) is 17.4 Å². The number of hydrogen-bond donors (Lipinski definition) is 2. The minimum atomic E-state index is -0.265. The molecule has 1 saturated heterocycles. The number of allylic oxidation sites excluding steroid dienone is 2. The van der Waals surface area contributed by atoms with Crippen molar-refractivity contribution in [3.05, 3.63) is 12.2 Å². The minimum absolute atomic E-state index is 0.265. The van der Waals surface area contributed by atoms with Crippen molar-refractivity contribution in [1.82, 2.24) is 5.32 Å². The van der Waals surface area contributed by atoms with E-state index in [-0.39, 0.29) is 6.23 Å². The molecule has 0 bridgehead atoms. The Kier molecular flexibility index (Phi) is 3.24. The maximum Gasteiger partial charge on any atom is 0.105 e. The molecule has 4 atom stereocenters. The van der Waals surface area contributed by atoms with Crippen molar-refractivity contribution in [1.29, 1.82) is 0 Å². The summed E-state index contributed by atoms with van der Waals surface area (Å²) >= 11 is 0. The van der Waals surface area contributed by atoms with Gasteiger partial charge < -0.3 is 5.11 Å². The Morgan fingerprint density at radius 2 is 2.29 bits per heavy atom. The monoisotopic (exact) mass is 195 g/mol. The third kappa shape index (κ3) is 2.01. The molecule has 4 unspecified atom stereocenters. The zero-order chi connectivity index (χ0) is 9.97. The van der Waals surface area contributed by atoms with Crippen molar-refractivity contribution in [2.24, 2.45) is 11.8 Å². The van der Waals surface area contributed by atoms with Crippen LogP contribution in [0, 0.1) is 11.8 Å². The molecule has 0 aromatic heterocycles. The molecule has 1 aliphatic carbocycles. The van der Waals surface area contributed by atoms with Gasteiger partial charge in [-0.2, -0.15) is 0 Å². The van der Waals surface area contributed by atoms with Crippen LogP contribution in [0.5, 0.6) is 0 Å². The van der Waals surface area contributed by atoms with Crippen LogP contribution in [-0.2, 0) is 0 Å². The number of rotatable bonds is 1. The van der Waals surface area contributed by atoms with Gasteiger partial charge >= 0.3 is 0 Å². The summed E-state index contributed by atoms with van der Waals surface area (Å²) in [5.74, 6) is 1.48. The quantitative estimate of drug-likeness (QED) is 0.628. The van der Waals surface area contributed by atoms with Crippen LogP contribution >= 0.6 is 0 Å². The Morgan fingerprint density at radius 1 is 1.43 bits per heavy atom. The zero-order valence-corrected chi connectivity index (χ0v) is 8.95. The fourth-order valence-corrected chi connectivity index (χ4v) is 3.02. The fourth-order valence-electron chi connectivity index (χ4n) is 3.02. The molecular formula is C12H21NO. The van der Waals surface area contributed by atoms with E-state index in [4.69, 9.17) is 0 Å². The normalized spacial score (nSPS) is 43.0. The standard InChI is InChI=1S/C12H21NO/c1-2-11-10-7-5-3-4-6-9(10)8-12(14)13-11/h3,5,9-14H,2,4,6-8H2,1H3. The largest absolute Gasteiger partial charge is 0.379 e. The van der Waals surface area contributed by atoms with Crippen LogP contribution in [0.3, 0.4) is 0 Å². The average Bonchev–Trinajstić information content (AvgIpc) is 2.41. The SMILES string of the molecule is CCC1NC(O)CC2CCC=CCC21. The van der Waals surface area contributed by atoms with Gasteiger partial charge in [0.15, 0.2) is 0 Å². The molecule has 0 radical (unpaired) electrons. The zero-order valence-electron chi connectivity index (χ0n) is 8.95. The average molecular weight is 195 g/mol. The highest BCUT2D eigenvalue weighted by atomic mass is 16.3. The molecule has 1 heterocycles. The summed E-state index contributed by atoms with van der Waals surface area (Å²) in [7, 11) is 0. The first kappa shape index (κ1) is 10.2. The van der Waals surface area contributed by atoms with E-state index < -0.39 is 0 Å². The maximum atomic E-state index is 9.71. The van der Waals surface area contributed by atoms with Crippen molar-refractivity contribution >= 4 is 0 Å². The molecule has 0 aromatic rings. The van der Waals surface area contributed by atoms with E-state index in [0.717, 1.165) is 24.7 Å². The molecule has 0 saturated carbocycles. The summed E-state index contributed by atoms with van der Waals surface area (Å²) in [6.07, 6.45) is 10.1. The number of piperidine rings is 1. The summed E-state index contributed by atoms with van der Waals surface area (Å²) in [6.45, 7) is 2.21. The smallest absolute Gasteiger partial charge is 0.105 e. The van der Waals surface area contributed by atoms with Crippen molar-refractivity contribution in [3.8, 4) is 0 Å². The van der Waals surface area contributed by atoms with Crippen LogP contribution < -0.4 is 5.32 Å². The van der Waals surface area contributed by atoms with Crippen LogP contribution in [0.1, 0.15) is 39.0 Å². The molecule has 80 valence electrons. The van der Waals surface area contributed by atoms with Gasteiger partial charge in [0.05, 0.1) is 0 Å².